The normalized spacial score (nSPS) is 14.9. The lowest BCUT2D eigenvalue weighted by Gasteiger charge is -2.19. The Morgan fingerprint density at radius 1 is 1.62 bits per heavy atom. The summed E-state index contributed by atoms with van der Waals surface area (Å²) in [4.78, 5) is 20.0. The second kappa shape index (κ2) is 4.73. The van der Waals surface area contributed by atoms with E-state index in [2.05, 4.69) is 0 Å². The minimum atomic E-state index is -1.79. The Morgan fingerprint density at radius 2 is 2.15 bits per heavy atom. The SMILES string of the molecule is NCCCC(N)(C[N+](=O)[O-])C(=O)O. The van der Waals surface area contributed by atoms with Crippen molar-refractivity contribution < 1.29 is 14.8 Å². The van der Waals surface area contributed by atoms with Crippen LogP contribution in [0.3, 0.4) is 0 Å². The zero-order chi connectivity index (χ0) is 10.5. The van der Waals surface area contributed by atoms with Gasteiger partial charge in [-0.15, -0.1) is 0 Å². The van der Waals surface area contributed by atoms with Crippen LogP contribution in [0.4, 0.5) is 0 Å². The lowest BCUT2D eigenvalue weighted by Crippen LogP contribution is -2.53. The zero-order valence-corrected chi connectivity index (χ0v) is 7.10. The molecule has 13 heavy (non-hydrogen) atoms. The molecule has 0 radical (unpaired) electrons. The topological polar surface area (TPSA) is 132 Å². The summed E-state index contributed by atoms with van der Waals surface area (Å²) in [7, 11) is 0. The highest BCUT2D eigenvalue weighted by molar-refractivity contribution is 5.78. The van der Waals surface area contributed by atoms with Crippen molar-refractivity contribution in [3.63, 3.8) is 0 Å². The Kier molecular flexibility index (Phi) is 4.29. The summed E-state index contributed by atoms with van der Waals surface area (Å²) in [5.41, 5.74) is 8.69. The van der Waals surface area contributed by atoms with Gasteiger partial charge in [-0.1, -0.05) is 0 Å². The smallest absolute Gasteiger partial charge is 0.330 e. The van der Waals surface area contributed by atoms with Crippen molar-refractivity contribution in [2.75, 3.05) is 13.1 Å². The zero-order valence-electron chi connectivity index (χ0n) is 7.10. The highest BCUT2D eigenvalue weighted by Crippen LogP contribution is 2.09. The first-order valence-electron chi connectivity index (χ1n) is 3.76. The molecule has 0 aromatic carbocycles. The largest absolute Gasteiger partial charge is 0.480 e. The molecule has 0 rings (SSSR count). The molecule has 1 atom stereocenters. The van der Waals surface area contributed by atoms with Gasteiger partial charge in [-0.2, -0.15) is 0 Å². The van der Waals surface area contributed by atoms with Gasteiger partial charge in [0.25, 0.3) is 0 Å². The predicted octanol–water partition coefficient (Wildman–Crippen LogP) is -1.22. The van der Waals surface area contributed by atoms with Gasteiger partial charge in [-0.25, -0.2) is 4.79 Å². The summed E-state index contributed by atoms with van der Waals surface area (Å²) < 4.78 is 0. The number of carboxylic acid groups (broad SMARTS) is 1. The van der Waals surface area contributed by atoms with E-state index in [1.807, 2.05) is 0 Å². The number of nitrogens with two attached hydrogens (primary N) is 2. The predicted molar refractivity (Wildman–Crippen MR) is 44.7 cm³/mol. The van der Waals surface area contributed by atoms with Gasteiger partial charge in [0.15, 0.2) is 5.54 Å². The number of nitrogens with zero attached hydrogens (tertiary/aromatic N) is 1. The molecule has 0 aliphatic heterocycles. The molecule has 0 bridgehead atoms. The Hall–Kier alpha value is -1.21. The maximum Gasteiger partial charge on any atom is 0.330 e. The lowest BCUT2D eigenvalue weighted by molar-refractivity contribution is -0.487. The van der Waals surface area contributed by atoms with Crippen molar-refractivity contribution in [1.82, 2.24) is 0 Å². The minimum absolute atomic E-state index is 0.0137. The van der Waals surface area contributed by atoms with Gasteiger partial charge < -0.3 is 16.6 Å². The number of carbonyl (C=O) groups is 1. The summed E-state index contributed by atoms with van der Waals surface area (Å²) in [6, 6.07) is 0. The van der Waals surface area contributed by atoms with E-state index in [-0.39, 0.29) is 13.0 Å². The highest BCUT2D eigenvalue weighted by Gasteiger charge is 2.38. The van der Waals surface area contributed by atoms with Crippen LogP contribution in [-0.4, -0.2) is 34.6 Å². The fourth-order valence-electron chi connectivity index (χ4n) is 0.902. The molecule has 0 saturated heterocycles. The average molecular weight is 191 g/mol. The average Bonchev–Trinajstić information content (AvgIpc) is 1.99. The van der Waals surface area contributed by atoms with Gasteiger partial charge in [0.05, 0.1) is 0 Å². The van der Waals surface area contributed by atoms with Gasteiger partial charge in [0.1, 0.15) is 0 Å². The molecular formula is C6H13N3O4. The number of hydrogen-bond donors (Lipinski definition) is 3. The van der Waals surface area contributed by atoms with Gasteiger partial charge in [0.2, 0.25) is 6.54 Å². The maximum absolute atomic E-state index is 10.6. The van der Waals surface area contributed by atoms with Crippen LogP contribution in [-0.2, 0) is 4.79 Å². The maximum atomic E-state index is 10.6. The standard InChI is InChI=1S/C6H13N3O4/c7-3-1-2-6(8,5(10)11)4-9(12)13/h1-4,7-8H2,(H,10,11). The summed E-state index contributed by atoms with van der Waals surface area (Å²) in [5, 5.41) is 18.8. The fraction of sp³-hybridized carbons (Fsp3) is 0.833. The van der Waals surface area contributed by atoms with Crippen molar-refractivity contribution >= 4 is 5.97 Å². The van der Waals surface area contributed by atoms with Crippen LogP contribution in [0.1, 0.15) is 12.8 Å². The molecular weight excluding hydrogens is 178 g/mol. The number of rotatable bonds is 6. The van der Waals surface area contributed by atoms with Gasteiger partial charge in [0, 0.05) is 4.92 Å². The quantitative estimate of drug-likeness (QED) is 0.356. The lowest BCUT2D eigenvalue weighted by atomic mass is 9.95. The molecule has 7 nitrogen and oxygen atoms in total. The van der Waals surface area contributed by atoms with Crippen LogP contribution < -0.4 is 11.5 Å². The summed E-state index contributed by atoms with van der Waals surface area (Å²) >= 11 is 0. The number of nitro groups is 1. The van der Waals surface area contributed by atoms with Crippen LogP contribution in [0.15, 0.2) is 0 Å². The molecule has 0 aromatic rings. The van der Waals surface area contributed by atoms with Crippen LogP contribution in [0.25, 0.3) is 0 Å². The third-order valence-corrected chi connectivity index (χ3v) is 1.66. The third kappa shape index (κ3) is 3.81. The van der Waals surface area contributed by atoms with Crippen molar-refractivity contribution in [2.24, 2.45) is 11.5 Å². The van der Waals surface area contributed by atoms with Crippen molar-refractivity contribution in [2.45, 2.75) is 18.4 Å². The Bertz CT molecular complexity index is 208. The van der Waals surface area contributed by atoms with Crippen LogP contribution in [0.5, 0.6) is 0 Å². The van der Waals surface area contributed by atoms with E-state index in [1.165, 1.54) is 0 Å². The summed E-state index contributed by atoms with van der Waals surface area (Å²) in [5.74, 6) is -1.36. The third-order valence-electron chi connectivity index (χ3n) is 1.66. The molecule has 0 aromatic heterocycles. The molecule has 7 heteroatoms. The molecule has 0 spiro atoms. The summed E-state index contributed by atoms with van der Waals surface area (Å²) in [6.45, 7) is -0.508. The Labute approximate surface area is 74.9 Å². The van der Waals surface area contributed by atoms with E-state index < -0.39 is 23.0 Å². The molecule has 0 fully saturated rings. The van der Waals surface area contributed by atoms with E-state index in [1.54, 1.807) is 0 Å². The van der Waals surface area contributed by atoms with Crippen molar-refractivity contribution in [1.29, 1.82) is 0 Å². The fourth-order valence-corrected chi connectivity index (χ4v) is 0.902. The molecule has 0 aliphatic carbocycles. The molecule has 0 aliphatic rings. The van der Waals surface area contributed by atoms with Crippen LogP contribution in [0.2, 0.25) is 0 Å². The minimum Gasteiger partial charge on any atom is -0.480 e. The molecule has 76 valence electrons. The van der Waals surface area contributed by atoms with Crippen molar-refractivity contribution in [3.05, 3.63) is 10.1 Å². The summed E-state index contributed by atoms with van der Waals surface area (Å²) in [6.07, 6.45) is 0.371. The monoisotopic (exact) mass is 191 g/mol. The van der Waals surface area contributed by atoms with E-state index in [9.17, 15) is 14.9 Å². The second-order valence-corrected chi connectivity index (χ2v) is 2.84. The second-order valence-electron chi connectivity index (χ2n) is 2.84. The number of hydrogen-bond acceptors (Lipinski definition) is 5. The molecule has 1 unspecified atom stereocenters. The van der Waals surface area contributed by atoms with Crippen molar-refractivity contribution in [3.8, 4) is 0 Å². The van der Waals surface area contributed by atoms with Crippen LogP contribution >= 0.6 is 0 Å². The van der Waals surface area contributed by atoms with E-state index in [4.69, 9.17) is 16.6 Å². The highest BCUT2D eigenvalue weighted by atomic mass is 16.6. The first-order valence-corrected chi connectivity index (χ1v) is 3.76. The van der Waals surface area contributed by atoms with Gasteiger partial charge in [-0.05, 0) is 19.4 Å². The molecule has 0 amide bonds. The van der Waals surface area contributed by atoms with E-state index in [0.29, 0.717) is 6.42 Å². The Morgan fingerprint density at radius 3 is 2.46 bits per heavy atom. The molecule has 0 saturated carbocycles. The van der Waals surface area contributed by atoms with E-state index >= 15 is 0 Å². The van der Waals surface area contributed by atoms with Gasteiger partial charge >= 0.3 is 5.97 Å². The van der Waals surface area contributed by atoms with Crippen LogP contribution in [0, 0.1) is 10.1 Å². The molecule has 0 heterocycles. The Balaban J connectivity index is 4.34. The van der Waals surface area contributed by atoms with E-state index in [0.717, 1.165) is 0 Å². The first kappa shape index (κ1) is 11.8. The number of carboxylic acids is 1. The molecule has 5 N–H and O–H groups in total. The van der Waals surface area contributed by atoms with Gasteiger partial charge in [-0.3, -0.25) is 10.1 Å². The number of aliphatic carboxylic acids is 1. The first-order chi connectivity index (χ1) is 5.92.